The van der Waals surface area contributed by atoms with Crippen molar-refractivity contribution in [3.8, 4) is 0 Å². The van der Waals surface area contributed by atoms with E-state index in [2.05, 4.69) is 16.0 Å². The van der Waals surface area contributed by atoms with Crippen LogP contribution in [-0.4, -0.2) is 72.2 Å². The van der Waals surface area contributed by atoms with Crippen LogP contribution in [0.5, 0.6) is 0 Å². The second-order valence-electron chi connectivity index (χ2n) is 14.9. The predicted octanol–water partition coefficient (Wildman–Crippen LogP) is 5.53. The minimum atomic E-state index is -1.16. The van der Waals surface area contributed by atoms with Gasteiger partial charge in [0, 0.05) is 12.5 Å². The number of hydrogen-bond donors (Lipinski definition) is 3. The molecule has 1 saturated heterocycles. The first-order valence-corrected chi connectivity index (χ1v) is 16.5. The molecule has 0 spiro atoms. The Kier molecular flexibility index (Phi) is 14.1. The van der Waals surface area contributed by atoms with E-state index in [1.165, 1.54) is 0 Å². The van der Waals surface area contributed by atoms with Crippen LogP contribution in [0, 0.1) is 5.92 Å². The van der Waals surface area contributed by atoms with Gasteiger partial charge in [0.05, 0.1) is 11.2 Å². The molecule has 1 aliphatic heterocycles. The van der Waals surface area contributed by atoms with Gasteiger partial charge in [-0.15, -0.1) is 0 Å². The third-order valence-electron chi connectivity index (χ3n) is 7.89. The number of carbonyl (C=O) groups is 4. The third-order valence-corrected chi connectivity index (χ3v) is 7.89. The van der Waals surface area contributed by atoms with E-state index < -0.39 is 71.6 Å². The lowest BCUT2D eigenvalue weighted by molar-refractivity contribution is -0.159. The lowest BCUT2D eigenvalue weighted by Gasteiger charge is -2.32. The van der Waals surface area contributed by atoms with Crippen molar-refractivity contribution in [2.45, 2.75) is 143 Å². The van der Waals surface area contributed by atoms with E-state index in [-0.39, 0.29) is 13.2 Å². The smallest absolute Gasteiger partial charge is 0.457 e. The molecule has 1 heterocycles. The van der Waals surface area contributed by atoms with Gasteiger partial charge in [0.1, 0.15) is 29.9 Å². The largest absolute Gasteiger partial charge is 0.458 e. The van der Waals surface area contributed by atoms with Gasteiger partial charge in [-0.05, 0) is 94.0 Å². The quantitative estimate of drug-likeness (QED) is 0.133. The van der Waals surface area contributed by atoms with Gasteiger partial charge in [0.15, 0.2) is 0 Å². The number of amides is 3. The fourth-order valence-corrected chi connectivity index (χ4v) is 4.80. The maximum absolute atomic E-state index is 13.6. The first-order valence-electron chi connectivity index (χ1n) is 16.5. The molecule has 3 N–H and O–H groups in total. The monoisotopic (exact) mass is 661 g/mol. The fourth-order valence-electron chi connectivity index (χ4n) is 4.80. The Hall–Kier alpha value is -3.32. The van der Waals surface area contributed by atoms with Gasteiger partial charge >= 0.3 is 25.3 Å². The van der Waals surface area contributed by atoms with Crippen LogP contribution in [0.3, 0.4) is 0 Å². The Morgan fingerprint density at radius 1 is 0.851 bits per heavy atom. The standard InChI is InChI=1S/C34H56BN3O9/c1-12-25(37-30(42)45-32(5,6)7)27(39)36-21-24(19-16-20-35-46-33(8,9)34(10,11)47-35)26(28(40)44-31(2,3)4)38-29(41)43-22-23-17-14-13-15-18-23/h13-15,17-18,24-26H,12,16,19-22H2,1-11H3,(H,36,39)(H,37,42)(H,38,41)/t24-,25+,26+/m1/s1. The summed E-state index contributed by atoms with van der Waals surface area (Å²) in [6, 6.07) is 7.13. The predicted molar refractivity (Wildman–Crippen MR) is 179 cm³/mol. The van der Waals surface area contributed by atoms with Crippen molar-refractivity contribution in [2.75, 3.05) is 6.54 Å². The number of alkyl carbamates (subject to hydrolysis) is 2. The molecule has 1 fully saturated rings. The molecular weight excluding hydrogens is 605 g/mol. The van der Waals surface area contributed by atoms with Crippen molar-refractivity contribution >= 4 is 31.2 Å². The van der Waals surface area contributed by atoms with E-state index in [0.29, 0.717) is 25.6 Å². The summed E-state index contributed by atoms with van der Waals surface area (Å²) < 4.78 is 28.8. The van der Waals surface area contributed by atoms with Gasteiger partial charge < -0.3 is 39.5 Å². The summed E-state index contributed by atoms with van der Waals surface area (Å²) in [6.45, 7) is 20.1. The van der Waals surface area contributed by atoms with E-state index in [0.717, 1.165) is 5.56 Å². The third kappa shape index (κ3) is 13.7. The maximum atomic E-state index is 13.6. The zero-order valence-corrected chi connectivity index (χ0v) is 30.1. The lowest BCUT2D eigenvalue weighted by Crippen LogP contribution is -2.53. The van der Waals surface area contributed by atoms with Gasteiger partial charge in [0.25, 0.3) is 0 Å². The molecule has 13 heteroatoms. The Bertz CT molecular complexity index is 1180. The summed E-state index contributed by atoms with van der Waals surface area (Å²) in [4.78, 5) is 52.3. The van der Waals surface area contributed by atoms with Crippen LogP contribution < -0.4 is 16.0 Å². The van der Waals surface area contributed by atoms with Crippen molar-refractivity contribution in [1.29, 1.82) is 0 Å². The summed E-state index contributed by atoms with van der Waals surface area (Å²) in [5.41, 5.74) is -1.78. The molecule has 0 bridgehead atoms. The molecule has 1 aromatic carbocycles. The highest BCUT2D eigenvalue weighted by Gasteiger charge is 2.50. The zero-order chi connectivity index (χ0) is 35.6. The molecular formula is C34H56BN3O9. The van der Waals surface area contributed by atoms with E-state index in [9.17, 15) is 19.2 Å². The van der Waals surface area contributed by atoms with Crippen LogP contribution in [0.15, 0.2) is 30.3 Å². The number of rotatable bonds is 14. The molecule has 0 saturated carbocycles. The molecule has 47 heavy (non-hydrogen) atoms. The van der Waals surface area contributed by atoms with Crippen molar-refractivity contribution in [1.82, 2.24) is 16.0 Å². The molecule has 0 aromatic heterocycles. The molecule has 1 aliphatic rings. The molecule has 2 rings (SSSR count). The second kappa shape index (κ2) is 16.7. The van der Waals surface area contributed by atoms with Crippen LogP contribution in [-0.2, 0) is 39.7 Å². The normalized spacial score (nSPS) is 17.6. The van der Waals surface area contributed by atoms with Crippen LogP contribution in [0.1, 0.15) is 101 Å². The maximum Gasteiger partial charge on any atom is 0.457 e. The molecule has 3 atom stereocenters. The number of nitrogens with one attached hydrogen (secondary N) is 3. The van der Waals surface area contributed by atoms with Crippen LogP contribution in [0.2, 0.25) is 6.32 Å². The van der Waals surface area contributed by atoms with Crippen molar-refractivity contribution in [3.05, 3.63) is 35.9 Å². The zero-order valence-electron chi connectivity index (χ0n) is 30.1. The van der Waals surface area contributed by atoms with Gasteiger partial charge in [-0.3, -0.25) is 4.79 Å². The minimum Gasteiger partial charge on any atom is -0.458 e. The minimum absolute atomic E-state index is 0.00241. The topological polar surface area (TPSA) is 151 Å². The SMILES string of the molecule is CC[C@H](NC(=O)OC(C)(C)C)C(=O)NC[C@@H](CCCB1OC(C)(C)C(C)(C)O1)[C@H](NC(=O)OCc1ccccc1)C(=O)OC(C)(C)C. The van der Waals surface area contributed by atoms with Crippen LogP contribution in [0.25, 0.3) is 0 Å². The van der Waals surface area contributed by atoms with Gasteiger partial charge in [-0.2, -0.15) is 0 Å². The van der Waals surface area contributed by atoms with Crippen molar-refractivity contribution in [3.63, 3.8) is 0 Å². The Morgan fingerprint density at radius 3 is 1.96 bits per heavy atom. The molecule has 0 unspecified atom stereocenters. The highest BCUT2D eigenvalue weighted by atomic mass is 16.7. The van der Waals surface area contributed by atoms with Gasteiger partial charge in [-0.25, -0.2) is 14.4 Å². The number of esters is 1. The average Bonchev–Trinajstić information content (AvgIpc) is 3.14. The van der Waals surface area contributed by atoms with E-state index in [1.54, 1.807) is 48.5 Å². The van der Waals surface area contributed by atoms with Crippen LogP contribution >= 0.6 is 0 Å². The second-order valence-corrected chi connectivity index (χ2v) is 14.9. The van der Waals surface area contributed by atoms with E-state index >= 15 is 0 Å². The average molecular weight is 662 g/mol. The highest BCUT2D eigenvalue weighted by molar-refractivity contribution is 6.45. The van der Waals surface area contributed by atoms with E-state index in [4.69, 9.17) is 23.5 Å². The molecule has 3 amide bonds. The summed E-state index contributed by atoms with van der Waals surface area (Å²) in [7, 11) is -0.457. The van der Waals surface area contributed by atoms with E-state index in [1.807, 2.05) is 58.0 Å². The Morgan fingerprint density at radius 2 is 1.43 bits per heavy atom. The van der Waals surface area contributed by atoms with Crippen molar-refractivity contribution < 1.29 is 42.7 Å². The number of hydrogen-bond acceptors (Lipinski definition) is 9. The summed E-state index contributed by atoms with van der Waals surface area (Å²) >= 11 is 0. The van der Waals surface area contributed by atoms with Gasteiger partial charge in [0.2, 0.25) is 5.91 Å². The summed E-state index contributed by atoms with van der Waals surface area (Å²) in [6.07, 6.45) is 0.248. The molecule has 0 aliphatic carbocycles. The molecule has 1 aromatic rings. The lowest BCUT2D eigenvalue weighted by atomic mass is 9.80. The van der Waals surface area contributed by atoms with Crippen LogP contribution in [0.4, 0.5) is 9.59 Å². The number of benzene rings is 1. The summed E-state index contributed by atoms with van der Waals surface area (Å²) in [5.74, 6) is -1.73. The first kappa shape index (κ1) is 39.9. The Balaban J connectivity index is 2.25. The fraction of sp³-hybridized carbons (Fsp3) is 0.706. The molecule has 12 nitrogen and oxygen atoms in total. The number of ether oxygens (including phenoxy) is 3. The summed E-state index contributed by atoms with van der Waals surface area (Å²) in [5, 5.41) is 8.17. The van der Waals surface area contributed by atoms with Crippen molar-refractivity contribution in [2.24, 2.45) is 5.92 Å². The number of carbonyl (C=O) groups excluding carboxylic acids is 4. The first-order chi connectivity index (χ1) is 21.6. The molecule has 264 valence electrons. The van der Waals surface area contributed by atoms with Gasteiger partial charge in [-0.1, -0.05) is 43.7 Å². The molecule has 0 radical (unpaired) electrons. The Labute approximate surface area is 280 Å². The highest BCUT2D eigenvalue weighted by Crippen LogP contribution is 2.38.